The number of benzene rings is 2. The minimum atomic E-state index is -0.453. The van der Waals surface area contributed by atoms with Crippen molar-refractivity contribution in [2.24, 2.45) is 0 Å². The Morgan fingerprint density at radius 2 is 1.79 bits per heavy atom. The van der Waals surface area contributed by atoms with Gasteiger partial charge in [0.2, 0.25) is 6.79 Å². The van der Waals surface area contributed by atoms with Crippen LogP contribution in [0.2, 0.25) is 0 Å². The highest BCUT2D eigenvalue weighted by Gasteiger charge is 2.18. The summed E-state index contributed by atoms with van der Waals surface area (Å²) in [7, 11) is 3.10. The molecule has 0 bridgehead atoms. The average Bonchev–Trinajstić information content (AvgIpc) is 3.07. The molecule has 0 spiro atoms. The number of hydrogen-bond donors (Lipinski definition) is 0. The summed E-state index contributed by atoms with van der Waals surface area (Å²) < 4.78 is 26.8. The van der Waals surface area contributed by atoms with Crippen LogP contribution in [0.4, 0.5) is 0 Å². The van der Waals surface area contributed by atoms with Crippen LogP contribution >= 0.6 is 0 Å². The van der Waals surface area contributed by atoms with E-state index in [9.17, 15) is 4.79 Å². The van der Waals surface area contributed by atoms with Crippen molar-refractivity contribution in [3.05, 3.63) is 46.8 Å². The molecule has 2 aromatic carbocycles. The molecule has 6 nitrogen and oxygen atoms in total. The van der Waals surface area contributed by atoms with Crippen molar-refractivity contribution in [2.75, 3.05) is 21.0 Å². The Labute approximate surface area is 137 Å². The van der Waals surface area contributed by atoms with E-state index in [1.165, 1.54) is 6.07 Å². The lowest BCUT2D eigenvalue weighted by Crippen LogP contribution is -2.00. The van der Waals surface area contributed by atoms with Crippen molar-refractivity contribution in [3.8, 4) is 34.1 Å². The third-order valence-electron chi connectivity index (χ3n) is 3.92. The van der Waals surface area contributed by atoms with E-state index in [2.05, 4.69) is 0 Å². The van der Waals surface area contributed by atoms with Gasteiger partial charge in [-0.2, -0.15) is 0 Å². The van der Waals surface area contributed by atoms with E-state index in [1.54, 1.807) is 26.4 Å². The molecule has 0 aliphatic carbocycles. The molecule has 1 aromatic heterocycles. The van der Waals surface area contributed by atoms with Crippen molar-refractivity contribution < 1.29 is 23.4 Å². The summed E-state index contributed by atoms with van der Waals surface area (Å²) in [5.41, 5.74) is 1.44. The molecule has 0 fully saturated rings. The number of rotatable bonds is 3. The van der Waals surface area contributed by atoms with Gasteiger partial charge in [0.05, 0.1) is 19.6 Å². The van der Waals surface area contributed by atoms with Gasteiger partial charge in [-0.1, -0.05) is 6.07 Å². The molecule has 3 aromatic rings. The van der Waals surface area contributed by atoms with E-state index in [1.807, 2.05) is 18.2 Å². The van der Waals surface area contributed by atoms with Crippen LogP contribution in [-0.2, 0) is 0 Å². The van der Waals surface area contributed by atoms with Crippen LogP contribution < -0.4 is 24.6 Å². The quantitative estimate of drug-likeness (QED) is 0.689. The summed E-state index contributed by atoms with van der Waals surface area (Å²) in [5.74, 6) is 2.42. The standard InChI is InChI=1S/C18H14O6/c1-20-11-6-15(21-2)18-12(8-17(19)24-16(18)7-11)10-3-4-13-14(5-10)23-9-22-13/h3-8H,9H2,1-2H3. The molecule has 122 valence electrons. The lowest BCUT2D eigenvalue weighted by Gasteiger charge is -2.12. The number of hydrogen-bond acceptors (Lipinski definition) is 6. The highest BCUT2D eigenvalue weighted by molar-refractivity contribution is 5.98. The first-order chi connectivity index (χ1) is 11.7. The molecule has 0 N–H and O–H groups in total. The van der Waals surface area contributed by atoms with E-state index in [4.69, 9.17) is 23.4 Å². The van der Waals surface area contributed by atoms with E-state index >= 15 is 0 Å². The van der Waals surface area contributed by atoms with Crippen LogP contribution in [-0.4, -0.2) is 21.0 Å². The topological polar surface area (TPSA) is 67.1 Å². The normalized spacial score (nSPS) is 12.4. The van der Waals surface area contributed by atoms with Crippen LogP contribution in [0, 0.1) is 0 Å². The Morgan fingerprint density at radius 1 is 0.958 bits per heavy atom. The first kappa shape index (κ1) is 14.4. The molecule has 1 aliphatic rings. The number of fused-ring (bicyclic) bond motifs is 2. The average molecular weight is 326 g/mol. The number of ether oxygens (including phenoxy) is 4. The molecule has 0 saturated carbocycles. The highest BCUT2D eigenvalue weighted by Crippen LogP contribution is 2.41. The summed E-state index contributed by atoms with van der Waals surface area (Å²) in [5, 5.41) is 0.691. The zero-order valence-electron chi connectivity index (χ0n) is 13.1. The van der Waals surface area contributed by atoms with Gasteiger partial charge in [0.15, 0.2) is 11.5 Å². The SMILES string of the molecule is COc1cc(OC)c2c(-c3ccc4c(c3)OCO4)cc(=O)oc2c1. The maximum Gasteiger partial charge on any atom is 0.336 e. The fourth-order valence-corrected chi connectivity index (χ4v) is 2.81. The van der Waals surface area contributed by atoms with Gasteiger partial charge < -0.3 is 23.4 Å². The molecule has 0 unspecified atom stereocenters. The zero-order chi connectivity index (χ0) is 16.7. The van der Waals surface area contributed by atoms with Gasteiger partial charge in [0.1, 0.15) is 17.1 Å². The van der Waals surface area contributed by atoms with Crippen LogP contribution in [0.5, 0.6) is 23.0 Å². The first-order valence-corrected chi connectivity index (χ1v) is 7.29. The molecule has 24 heavy (non-hydrogen) atoms. The Balaban J connectivity index is 2.02. The van der Waals surface area contributed by atoms with Gasteiger partial charge in [0, 0.05) is 23.8 Å². The largest absolute Gasteiger partial charge is 0.496 e. The third kappa shape index (κ3) is 2.23. The van der Waals surface area contributed by atoms with E-state index in [0.29, 0.717) is 39.5 Å². The van der Waals surface area contributed by atoms with Crippen LogP contribution in [0.25, 0.3) is 22.1 Å². The highest BCUT2D eigenvalue weighted by atomic mass is 16.7. The van der Waals surface area contributed by atoms with Gasteiger partial charge in [-0.05, 0) is 17.7 Å². The van der Waals surface area contributed by atoms with Crippen molar-refractivity contribution >= 4 is 11.0 Å². The molecule has 6 heteroatoms. The van der Waals surface area contributed by atoms with Gasteiger partial charge in [-0.15, -0.1) is 0 Å². The molecule has 4 rings (SSSR count). The predicted octanol–water partition coefficient (Wildman–Crippen LogP) is 3.21. The Kier molecular flexibility index (Phi) is 3.30. The van der Waals surface area contributed by atoms with E-state index in [-0.39, 0.29) is 6.79 Å². The lowest BCUT2D eigenvalue weighted by atomic mass is 10.0. The molecule has 0 atom stereocenters. The summed E-state index contributed by atoms with van der Waals surface area (Å²) >= 11 is 0. The summed E-state index contributed by atoms with van der Waals surface area (Å²) in [6, 6.07) is 10.4. The van der Waals surface area contributed by atoms with Crippen molar-refractivity contribution in [1.29, 1.82) is 0 Å². The van der Waals surface area contributed by atoms with E-state index in [0.717, 1.165) is 5.56 Å². The van der Waals surface area contributed by atoms with Crippen LogP contribution in [0.1, 0.15) is 0 Å². The first-order valence-electron chi connectivity index (χ1n) is 7.29. The summed E-state index contributed by atoms with van der Waals surface area (Å²) in [6.45, 7) is 0.191. The second-order valence-electron chi connectivity index (χ2n) is 5.25. The Hall–Kier alpha value is -3.15. The molecule has 0 saturated heterocycles. The molecule has 0 radical (unpaired) electrons. The minimum Gasteiger partial charge on any atom is -0.496 e. The van der Waals surface area contributed by atoms with Crippen LogP contribution in [0.15, 0.2) is 45.6 Å². The Bertz CT molecular complexity index is 989. The molecule has 0 amide bonds. The predicted molar refractivity (Wildman–Crippen MR) is 87.1 cm³/mol. The van der Waals surface area contributed by atoms with Crippen molar-refractivity contribution in [3.63, 3.8) is 0 Å². The monoisotopic (exact) mass is 326 g/mol. The smallest absolute Gasteiger partial charge is 0.336 e. The summed E-state index contributed by atoms with van der Waals surface area (Å²) in [6.07, 6.45) is 0. The fourth-order valence-electron chi connectivity index (χ4n) is 2.81. The molecule has 1 aliphatic heterocycles. The van der Waals surface area contributed by atoms with Crippen LogP contribution in [0.3, 0.4) is 0 Å². The lowest BCUT2D eigenvalue weighted by molar-refractivity contribution is 0.174. The number of methoxy groups -OCH3 is 2. The van der Waals surface area contributed by atoms with E-state index < -0.39 is 5.63 Å². The van der Waals surface area contributed by atoms with Gasteiger partial charge in [0.25, 0.3) is 0 Å². The van der Waals surface area contributed by atoms with Gasteiger partial charge in [-0.3, -0.25) is 0 Å². The second kappa shape index (κ2) is 5.49. The van der Waals surface area contributed by atoms with Gasteiger partial charge >= 0.3 is 5.63 Å². The maximum absolute atomic E-state index is 12.0. The van der Waals surface area contributed by atoms with Crippen molar-refractivity contribution in [1.82, 2.24) is 0 Å². The third-order valence-corrected chi connectivity index (χ3v) is 3.92. The maximum atomic E-state index is 12.0. The fraction of sp³-hybridized carbons (Fsp3) is 0.167. The Morgan fingerprint density at radius 3 is 2.58 bits per heavy atom. The zero-order valence-corrected chi connectivity index (χ0v) is 13.1. The molecule has 2 heterocycles. The second-order valence-corrected chi connectivity index (χ2v) is 5.25. The minimum absolute atomic E-state index is 0.191. The summed E-state index contributed by atoms with van der Waals surface area (Å²) in [4.78, 5) is 12.0. The van der Waals surface area contributed by atoms with Gasteiger partial charge in [-0.25, -0.2) is 4.79 Å². The molecular formula is C18H14O6. The molecular weight excluding hydrogens is 312 g/mol. The van der Waals surface area contributed by atoms with Crippen molar-refractivity contribution in [2.45, 2.75) is 0 Å².